The molecule has 0 aliphatic heterocycles. The average molecular weight is 370 g/mol. The third kappa shape index (κ3) is 3.07. The summed E-state index contributed by atoms with van der Waals surface area (Å²) in [6.07, 6.45) is 0.907. The summed E-state index contributed by atoms with van der Waals surface area (Å²) in [6.45, 7) is 4.52. The normalized spacial score (nSPS) is 11.1. The van der Waals surface area contributed by atoms with Crippen molar-refractivity contribution < 1.29 is 0 Å². The number of hydrogen-bond acceptors (Lipinski definition) is 2. The molecule has 0 radical (unpaired) electrons. The maximum Gasteiger partial charge on any atom is 0.336 e. The predicted molar refractivity (Wildman–Crippen MR) is 113 cm³/mol. The Morgan fingerprint density at radius 2 is 1.50 bits per heavy atom. The van der Waals surface area contributed by atoms with Gasteiger partial charge in [0.2, 0.25) is 0 Å². The van der Waals surface area contributed by atoms with Gasteiger partial charge in [-0.1, -0.05) is 55.5 Å². The summed E-state index contributed by atoms with van der Waals surface area (Å²) >= 11 is 0. The van der Waals surface area contributed by atoms with Crippen LogP contribution in [0.3, 0.4) is 0 Å². The van der Waals surface area contributed by atoms with E-state index in [0.29, 0.717) is 23.1 Å². The third-order valence-electron chi connectivity index (χ3n) is 5.24. The molecule has 0 saturated heterocycles. The van der Waals surface area contributed by atoms with Crippen LogP contribution in [0, 0.1) is 6.92 Å². The van der Waals surface area contributed by atoms with Gasteiger partial charge in [0.25, 0.3) is 5.56 Å². The van der Waals surface area contributed by atoms with Crippen LogP contribution in [0.5, 0.6) is 0 Å². The van der Waals surface area contributed by atoms with E-state index in [-0.39, 0.29) is 11.2 Å². The van der Waals surface area contributed by atoms with Gasteiger partial charge in [-0.3, -0.25) is 9.36 Å². The summed E-state index contributed by atoms with van der Waals surface area (Å²) in [5.74, 6) is 0. The second-order valence-electron chi connectivity index (χ2n) is 6.97. The van der Waals surface area contributed by atoms with Gasteiger partial charge in [0, 0.05) is 0 Å². The van der Waals surface area contributed by atoms with Gasteiger partial charge in [0.15, 0.2) is 0 Å². The maximum absolute atomic E-state index is 13.4. The molecule has 1 aromatic heterocycles. The van der Waals surface area contributed by atoms with Crippen molar-refractivity contribution in [2.75, 3.05) is 0 Å². The first kappa shape index (κ1) is 18.0. The van der Waals surface area contributed by atoms with Crippen molar-refractivity contribution in [2.24, 2.45) is 0 Å². The van der Waals surface area contributed by atoms with Gasteiger partial charge < -0.3 is 0 Å². The molecule has 4 heteroatoms. The molecular weight excluding hydrogens is 348 g/mol. The van der Waals surface area contributed by atoms with Crippen LogP contribution in [0.4, 0.5) is 0 Å². The number of para-hydroxylation sites is 1. The lowest BCUT2D eigenvalue weighted by molar-refractivity contribution is 0.712. The van der Waals surface area contributed by atoms with E-state index in [2.05, 4.69) is 6.92 Å². The van der Waals surface area contributed by atoms with Crippen LogP contribution in [-0.4, -0.2) is 9.13 Å². The molecule has 0 aliphatic rings. The summed E-state index contributed by atoms with van der Waals surface area (Å²) in [5.41, 5.74) is 3.98. The van der Waals surface area contributed by atoms with E-state index in [1.807, 2.05) is 73.7 Å². The predicted octanol–water partition coefficient (Wildman–Crippen LogP) is 4.07. The third-order valence-corrected chi connectivity index (χ3v) is 5.24. The molecule has 4 rings (SSSR count). The fraction of sp³-hybridized carbons (Fsp3) is 0.167. The molecule has 1 heterocycles. The zero-order valence-electron chi connectivity index (χ0n) is 16.1. The van der Waals surface area contributed by atoms with Crippen LogP contribution in [0.15, 0.2) is 82.4 Å². The van der Waals surface area contributed by atoms with Gasteiger partial charge in [-0.15, -0.1) is 0 Å². The minimum atomic E-state index is -0.323. The van der Waals surface area contributed by atoms with Gasteiger partial charge in [0.1, 0.15) is 0 Å². The first-order valence-electron chi connectivity index (χ1n) is 9.48. The van der Waals surface area contributed by atoms with Crippen LogP contribution >= 0.6 is 0 Å². The van der Waals surface area contributed by atoms with Crippen LogP contribution in [0.1, 0.15) is 23.6 Å². The van der Waals surface area contributed by atoms with Crippen molar-refractivity contribution in [3.8, 4) is 5.69 Å². The van der Waals surface area contributed by atoms with Crippen LogP contribution < -0.4 is 11.2 Å². The lowest BCUT2D eigenvalue weighted by Crippen LogP contribution is -2.39. The first-order chi connectivity index (χ1) is 13.6. The number of nitrogens with zero attached hydrogens (tertiary/aromatic N) is 2. The standard InChI is InChI=1S/C24H22N2O2/c1-3-18-12-14-20(15-13-18)26-23(27)21-10-6-7-11-22(21)25(24(26)28)16-19-9-5-4-8-17(19)2/h4-15H,3,16H2,1-2H3. The largest absolute Gasteiger partial charge is 0.336 e. The zero-order chi connectivity index (χ0) is 19.7. The number of rotatable bonds is 4. The zero-order valence-corrected chi connectivity index (χ0v) is 16.1. The lowest BCUT2D eigenvalue weighted by Gasteiger charge is -2.15. The second-order valence-corrected chi connectivity index (χ2v) is 6.97. The maximum atomic E-state index is 13.4. The van der Waals surface area contributed by atoms with E-state index >= 15 is 0 Å². The van der Waals surface area contributed by atoms with E-state index < -0.39 is 0 Å². The Hall–Kier alpha value is -3.40. The molecule has 4 nitrogen and oxygen atoms in total. The Labute approximate surface area is 163 Å². The minimum Gasteiger partial charge on any atom is -0.288 e. The smallest absolute Gasteiger partial charge is 0.288 e. The summed E-state index contributed by atoms with van der Waals surface area (Å²) in [6, 6.07) is 22.9. The van der Waals surface area contributed by atoms with E-state index in [1.165, 1.54) is 4.57 Å². The molecule has 0 unspecified atom stereocenters. The molecular formula is C24H22N2O2. The van der Waals surface area contributed by atoms with E-state index in [9.17, 15) is 9.59 Å². The number of aromatic nitrogens is 2. The van der Waals surface area contributed by atoms with Crippen molar-refractivity contribution in [3.63, 3.8) is 0 Å². The molecule has 28 heavy (non-hydrogen) atoms. The van der Waals surface area contributed by atoms with Gasteiger partial charge in [0.05, 0.1) is 23.1 Å². The van der Waals surface area contributed by atoms with Gasteiger partial charge in [-0.25, -0.2) is 9.36 Å². The number of fused-ring (bicyclic) bond motifs is 1. The molecule has 0 saturated carbocycles. The van der Waals surface area contributed by atoms with Gasteiger partial charge >= 0.3 is 5.69 Å². The Bertz CT molecular complexity index is 1260. The van der Waals surface area contributed by atoms with Gasteiger partial charge in [-0.2, -0.15) is 0 Å². The Balaban J connectivity index is 2.00. The molecule has 0 aliphatic carbocycles. The van der Waals surface area contributed by atoms with Crippen molar-refractivity contribution in [2.45, 2.75) is 26.8 Å². The van der Waals surface area contributed by atoms with E-state index in [1.54, 1.807) is 10.6 Å². The van der Waals surface area contributed by atoms with E-state index in [0.717, 1.165) is 23.1 Å². The average Bonchev–Trinajstić information content (AvgIpc) is 2.73. The highest BCUT2D eigenvalue weighted by Gasteiger charge is 2.15. The van der Waals surface area contributed by atoms with Crippen molar-refractivity contribution in [1.82, 2.24) is 9.13 Å². The Morgan fingerprint density at radius 1 is 0.821 bits per heavy atom. The molecule has 0 bridgehead atoms. The highest BCUT2D eigenvalue weighted by Crippen LogP contribution is 2.14. The highest BCUT2D eigenvalue weighted by atomic mass is 16.2. The fourth-order valence-electron chi connectivity index (χ4n) is 3.54. The lowest BCUT2D eigenvalue weighted by atomic mass is 10.1. The molecule has 3 aromatic carbocycles. The summed E-state index contributed by atoms with van der Waals surface area (Å²) < 4.78 is 2.97. The quantitative estimate of drug-likeness (QED) is 0.543. The molecule has 0 atom stereocenters. The molecule has 0 fully saturated rings. The Morgan fingerprint density at radius 3 is 2.21 bits per heavy atom. The van der Waals surface area contributed by atoms with Crippen LogP contribution in [0.25, 0.3) is 16.6 Å². The van der Waals surface area contributed by atoms with Crippen LogP contribution in [0.2, 0.25) is 0 Å². The molecule has 4 aromatic rings. The first-order valence-corrected chi connectivity index (χ1v) is 9.48. The Kier molecular flexibility index (Phi) is 4.70. The molecule has 140 valence electrons. The SMILES string of the molecule is CCc1ccc(-n2c(=O)c3ccccc3n(Cc3ccccc3C)c2=O)cc1. The summed E-state index contributed by atoms with van der Waals surface area (Å²) in [4.78, 5) is 26.5. The number of benzene rings is 3. The summed E-state index contributed by atoms with van der Waals surface area (Å²) in [5, 5.41) is 0.537. The fourth-order valence-corrected chi connectivity index (χ4v) is 3.54. The molecule has 0 spiro atoms. The second kappa shape index (κ2) is 7.31. The van der Waals surface area contributed by atoms with Crippen molar-refractivity contribution in [3.05, 3.63) is 110 Å². The number of hydrogen-bond donors (Lipinski definition) is 0. The van der Waals surface area contributed by atoms with Gasteiger partial charge in [-0.05, 0) is 54.3 Å². The van der Waals surface area contributed by atoms with Crippen molar-refractivity contribution in [1.29, 1.82) is 0 Å². The minimum absolute atomic E-state index is 0.286. The van der Waals surface area contributed by atoms with Crippen LogP contribution in [-0.2, 0) is 13.0 Å². The molecule has 0 N–H and O–H groups in total. The summed E-state index contributed by atoms with van der Waals surface area (Å²) in [7, 11) is 0. The topological polar surface area (TPSA) is 44.0 Å². The highest BCUT2D eigenvalue weighted by molar-refractivity contribution is 5.78. The number of aryl methyl sites for hydroxylation is 2. The van der Waals surface area contributed by atoms with E-state index in [4.69, 9.17) is 0 Å². The monoisotopic (exact) mass is 370 g/mol. The van der Waals surface area contributed by atoms with Crippen molar-refractivity contribution >= 4 is 10.9 Å². The molecule has 0 amide bonds.